The van der Waals surface area contributed by atoms with Crippen molar-refractivity contribution in [1.82, 2.24) is 4.98 Å². The molecule has 3 N–H and O–H groups in total. The van der Waals surface area contributed by atoms with Gasteiger partial charge in [0.15, 0.2) is 5.13 Å². The van der Waals surface area contributed by atoms with Crippen molar-refractivity contribution in [3.63, 3.8) is 0 Å². The number of hydrogen-bond donors (Lipinski definition) is 3. The number of nitrogens with one attached hydrogen (secondary N) is 1. The van der Waals surface area contributed by atoms with Crippen LogP contribution in [-0.4, -0.2) is 34.5 Å². The molecular weight excluding hydrogens is 236 g/mol. The van der Waals surface area contributed by atoms with E-state index in [4.69, 9.17) is 5.11 Å². The molecule has 0 aliphatic heterocycles. The molecule has 1 atom stereocenters. The van der Waals surface area contributed by atoms with Gasteiger partial charge in [-0.05, 0) is 5.56 Å². The van der Waals surface area contributed by atoms with E-state index in [0.29, 0.717) is 6.54 Å². The molecule has 2 aromatic rings. The van der Waals surface area contributed by atoms with Gasteiger partial charge in [0.1, 0.15) is 0 Å². The number of aliphatic hydroxyl groups is 2. The number of anilines is 1. The van der Waals surface area contributed by atoms with Crippen LogP contribution in [0.15, 0.2) is 36.5 Å². The highest BCUT2D eigenvalue weighted by Crippen LogP contribution is 2.28. The number of aliphatic hydroxyl groups excluding tert-OH is 2. The van der Waals surface area contributed by atoms with Crippen molar-refractivity contribution in [1.29, 1.82) is 0 Å². The van der Waals surface area contributed by atoms with Crippen LogP contribution in [0.25, 0.3) is 10.4 Å². The maximum Gasteiger partial charge on any atom is 0.183 e. The molecule has 0 radical (unpaired) electrons. The quantitative estimate of drug-likeness (QED) is 0.753. The highest BCUT2D eigenvalue weighted by molar-refractivity contribution is 7.18. The highest BCUT2D eigenvalue weighted by Gasteiger charge is 2.06. The standard InChI is InChI=1S/C12H14N2O2S/c15-8-10(16)6-13-12-14-7-11(17-12)9-4-2-1-3-5-9/h1-5,7,10,15-16H,6,8H2,(H,13,14). The molecule has 2 rings (SSSR count). The minimum Gasteiger partial charge on any atom is -0.394 e. The van der Waals surface area contributed by atoms with Gasteiger partial charge in [-0.1, -0.05) is 41.7 Å². The van der Waals surface area contributed by atoms with Gasteiger partial charge in [-0.25, -0.2) is 4.98 Å². The van der Waals surface area contributed by atoms with E-state index in [-0.39, 0.29) is 6.61 Å². The molecule has 5 heteroatoms. The summed E-state index contributed by atoms with van der Waals surface area (Å²) >= 11 is 1.52. The average Bonchev–Trinajstić information content (AvgIpc) is 2.86. The topological polar surface area (TPSA) is 65.4 Å². The fourth-order valence-electron chi connectivity index (χ4n) is 1.36. The molecule has 1 aromatic carbocycles. The van der Waals surface area contributed by atoms with E-state index in [2.05, 4.69) is 10.3 Å². The Morgan fingerprint density at radius 2 is 2.06 bits per heavy atom. The van der Waals surface area contributed by atoms with Gasteiger partial charge >= 0.3 is 0 Å². The Morgan fingerprint density at radius 3 is 2.76 bits per heavy atom. The van der Waals surface area contributed by atoms with Crippen molar-refractivity contribution >= 4 is 16.5 Å². The molecule has 0 fully saturated rings. The molecule has 1 aromatic heterocycles. The molecule has 90 valence electrons. The maximum absolute atomic E-state index is 9.21. The summed E-state index contributed by atoms with van der Waals surface area (Å²) in [5.41, 5.74) is 1.13. The molecule has 0 amide bonds. The molecule has 0 spiro atoms. The first-order chi connectivity index (χ1) is 8.29. The van der Waals surface area contributed by atoms with Gasteiger partial charge < -0.3 is 15.5 Å². The van der Waals surface area contributed by atoms with Crippen molar-refractivity contribution in [3.8, 4) is 10.4 Å². The Balaban J connectivity index is 2.01. The first-order valence-corrected chi connectivity index (χ1v) is 6.15. The zero-order valence-electron chi connectivity index (χ0n) is 9.21. The molecule has 17 heavy (non-hydrogen) atoms. The van der Waals surface area contributed by atoms with Crippen molar-refractivity contribution in [2.24, 2.45) is 0 Å². The number of benzene rings is 1. The smallest absolute Gasteiger partial charge is 0.183 e. The lowest BCUT2D eigenvalue weighted by atomic mass is 10.2. The van der Waals surface area contributed by atoms with Crippen LogP contribution in [0.1, 0.15) is 0 Å². The van der Waals surface area contributed by atoms with Crippen LogP contribution in [0.3, 0.4) is 0 Å². The van der Waals surface area contributed by atoms with Crippen molar-refractivity contribution < 1.29 is 10.2 Å². The lowest BCUT2D eigenvalue weighted by Crippen LogP contribution is -2.22. The molecule has 1 unspecified atom stereocenters. The SMILES string of the molecule is OCC(O)CNc1ncc(-c2ccccc2)s1. The molecule has 0 aliphatic rings. The second-order valence-electron chi connectivity index (χ2n) is 3.61. The van der Waals surface area contributed by atoms with Gasteiger partial charge in [-0.15, -0.1) is 0 Å². The molecular formula is C12H14N2O2S. The number of hydrogen-bond acceptors (Lipinski definition) is 5. The van der Waals surface area contributed by atoms with Crippen LogP contribution >= 0.6 is 11.3 Å². The van der Waals surface area contributed by atoms with Gasteiger partial charge in [0, 0.05) is 12.7 Å². The minimum atomic E-state index is -0.751. The molecule has 0 bridgehead atoms. The zero-order chi connectivity index (χ0) is 12.1. The summed E-state index contributed by atoms with van der Waals surface area (Å²) in [5.74, 6) is 0. The third-order valence-corrected chi connectivity index (χ3v) is 3.27. The Hall–Kier alpha value is -1.43. The van der Waals surface area contributed by atoms with Crippen molar-refractivity contribution in [2.45, 2.75) is 6.10 Å². The first kappa shape index (κ1) is 12.0. The largest absolute Gasteiger partial charge is 0.394 e. The third kappa shape index (κ3) is 3.26. The summed E-state index contributed by atoms with van der Waals surface area (Å²) < 4.78 is 0. The van der Waals surface area contributed by atoms with Crippen molar-refractivity contribution in [3.05, 3.63) is 36.5 Å². The van der Waals surface area contributed by atoms with E-state index in [1.54, 1.807) is 6.20 Å². The first-order valence-electron chi connectivity index (χ1n) is 5.33. The van der Waals surface area contributed by atoms with E-state index in [1.165, 1.54) is 11.3 Å². The van der Waals surface area contributed by atoms with Gasteiger partial charge in [-0.3, -0.25) is 0 Å². The second-order valence-corrected chi connectivity index (χ2v) is 4.64. The monoisotopic (exact) mass is 250 g/mol. The van der Waals surface area contributed by atoms with Crippen LogP contribution in [0.2, 0.25) is 0 Å². The Morgan fingerprint density at radius 1 is 1.29 bits per heavy atom. The molecule has 1 heterocycles. The van der Waals surface area contributed by atoms with E-state index in [0.717, 1.165) is 15.6 Å². The van der Waals surface area contributed by atoms with Crippen LogP contribution < -0.4 is 5.32 Å². The summed E-state index contributed by atoms with van der Waals surface area (Å²) in [7, 11) is 0. The summed E-state index contributed by atoms with van der Waals surface area (Å²) in [6.07, 6.45) is 1.05. The van der Waals surface area contributed by atoms with Gasteiger partial charge in [0.05, 0.1) is 17.6 Å². The molecule has 0 saturated heterocycles. The lowest BCUT2D eigenvalue weighted by molar-refractivity contribution is 0.105. The lowest BCUT2D eigenvalue weighted by Gasteiger charge is -2.06. The summed E-state index contributed by atoms with van der Waals surface area (Å²) in [5, 5.41) is 21.6. The Labute approximate surface area is 104 Å². The summed E-state index contributed by atoms with van der Waals surface area (Å²) in [6, 6.07) is 10.00. The predicted octanol–water partition coefficient (Wildman–Crippen LogP) is 1.58. The van der Waals surface area contributed by atoms with Gasteiger partial charge in [-0.2, -0.15) is 0 Å². The van der Waals surface area contributed by atoms with Crippen LogP contribution in [0.4, 0.5) is 5.13 Å². The third-order valence-electron chi connectivity index (χ3n) is 2.26. The van der Waals surface area contributed by atoms with Crippen LogP contribution in [0, 0.1) is 0 Å². The van der Waals surface area contributed by atoms with Gasteiger partial charge in [0.2, 0.25) is 0 Å². The Kier molecular flexibility index (Phi) is 4.08. The highest BCUT2D eigenvalue weighted by atomic mass is 32.1. The molecule has 4 nitrogen and oxygen atoms in total. The van der Waals surface area contributed by atoms with E-state index in [9.17, 15) is 5.11 Å². The minimum absolute atomic E-state index is 0.246. The summed E-state index contributed by atoms with van der Waals surface area (Å²) in [4.78, 5) is 5.29. The van der Waals surface area contributed by atoms with Crippen LogP contribution in [-0.2, 0) is 0 Å². The summed E-state index contributed by atoms with van der Waals surface area (Å²) in [6.45, 7) is 0.0577. The second kappa shape index (κ2) is 5.77. The van der Waals surface area contributed by atoms with Crippen LogP contribution in [0.5, 0.6) is 0 Å². The zero-order valence-corrected chi connectivity index (χ0v) is 10.0. The fourth-order valence-corrected chi connectivity index (χ4v) is 2.19. The van der Waals surface area contributed by atoms with Crippen molar-refractivity contribution in [2.75, 3.05) is 18.5 Å². The normalized spacial score (nSPS) is 12.4. The fraction of sp³-hybridized carbons (Fsp3) is 0.250. The Bertz CT molecular complexity index is 459. The predicted molar refractivity (Wildman–Crippen MR) is 69.1 cm³/mol. The molecule has 0 saturated carbocycles. The van der Waals surface area contributed by atoms with E-state index < -0.39 is 6.10 Å². The van der Waals surface area contributed by atoms with E-state index >= 15 is 0 Å². The number of rotatable bonds is 5. The van der Waals surface area contributed by atoms with Gasteiger partial charge in [0.25, 0.3) is 0 Å². The maximum atomic E-state index is 9.21. The number of nitrogens with zero attached hydrogens (tertiary/aromatic N) is 1. The van der Waals surface area contributed by atoms with E-state index in [1.807, 2.05) is 30.3 Å². The average molecular weight is 250 g/mol. The number of thiazole rings is 1. The molecule has 0 aliphatic carbocycles. The number of aromatic nitrogens is 1.